The van der Waals surface area contributed by atoms with Gasteiger partial charge in [-0.2, -0.15) is 13.2 Å². The van der Waals surface area contributed by atoms with Crippen LogP contribution in [0.15, 0.2) is 18.3 Å². The summed E-state index contributed by atoms with van der Waals surface area (Å²) in [4.78, 5) is 15.4. The van der Waals surface area contributed by atoms with E-state index < -0.39 is 24.4 Å². The maximum atomic E-state index is 13.4. The largest absolute Gasteiger partial charge is 0.530 e. The fourth-order valence-corrected chi connectivity index (χ4v) is 2.57. The molecule has 0 saturated carbocycles. The average Bonchev–Trinajstić information content (AvgIpc) is 2.85. The van der Waals surface area contributed by atoms with E-state index in [-0.39, 0.29) is 30.9 Å². The lowest BCUT2D eigenvalue weighted by Crippen LogP contribution is -2.45. The zero-order chi connectivity index (χ0) is 16.3. The molecule has 4 N–H and O–H groups in total. The Morgan fingerprint density at radius 1 is 1.50 bits per heavy atom. The third kappa shape index (κ3) is 3.77. The molecule has 1 aliphatic rings. The van der Waals surface area contributed by atoms with Gasteiger partial charge >= 0.3 is 6.18 Å². The second kappa shape index (κ2) is 6.36. The van der Waals surface area contributed by atoms with E-state index in [1.165, 1.54) is 17.0 Å². The number of rotatable bonds is 4. The fraction of sp³-hybridized carbons (Fsp3) is 0.500. The molecule has 1 amide bonds. The summed E-state index contributed by atoms with van der Waals surface area (Å²) in [6.45, 7) is 0.0705. The van der Waals surface area contributed by atoms with Gasteiger partial charge in [-0.3, -0.25) is 4.90 Å². The summed E-state index contributed by atoms with van der Waals surface area (Å²) in [5, 5.41) is 12.6. The van der Waals surface area contributed by atoms with Crippen LogP contribution in [0.3, 0.4) is 0 Å². The van der Waals surface area contributed by atoms with Crippen LogP contribution in [0.5, 0.6) is 0 Å². The molecule has 0 aromatic carbocycles. The summed E-state index contributed by atoms with van der Waals surface area (Å²) in [6.07, 6.45) is -4.60. The SMILES string of the molecule is NNc1ccc(C(N2CC[C@H](NC(=O)[O-])C2)C(F)(F)F)cn1. The zero-order valence-electron chi connectivity index (χ0n) is 11.4. The van der Waals surface area contributed by atoms with Crippen LogP contribution in [-0.4, -0.2) is 41.3 Å². The maximum absolute atomic E-state index is 13.4. The first-order valence-corrected chi connectivity index (χ1v) is 6.52. The minimum Gasteiger partial charge on any atom is -0.530 e. The number of nitrogens with zero attached hydrogens (tertiary/aromatic N) is 2. The number of carbonyl (C=O) groups excluding carboxylic acids is 1. The standard InChI is InChI=1S/C12H16F3N5O2/c13-12(14,15)10(7-1-2-9(19-16)17-5-7)20-4-3-8(6-20)18-11(21)22/h1-2,5,8,10,18H,3-4,6,16H2,(H,17,19)(H,21,22)/p-1/t8-,10?/m0/s1. The predicted molar refractivity (Wildman–Crippen MR) is 69.4 cm³/mol. The smallest absolute Gasteiger partial charge is 0.408 e. The molecule has 0 spiro atoms. The summed E-state index contributed by atoms with van der Waals surface area (Å²) in [7, 11) is 0. The molecule has 1 unspecified atom stereocenters. The highest BCUT2D eigenvalue weighted by atomic mass is 19.4. The van der Waals surface area contributed by atoms with Crippen molar-refractivity contribution >= 4 is 11.9 Å². The number of halogens is 3. The monoisotopic (exact) mass is 318 g/mol. The molecule has 0 radical (unpaired) electrons. The van der Waals surface area contributed by atoms with Gasteiger partial charge < -0.3 is 20.6 Å². The van der Waals surface area contributed by atoms with Crippen molar-refractivity contribution in [1.29, 1.82) is 0 Å². The number of hydrogen-bond acceptors (Lipinski definition) is 6. The Kier molecular flexibility index (Phi) is 4.71. The van der Waals surface area contributed by atoms with Crippen LogP contribution < -0.4 is 21.7 Å². The Morgan fingerprint density at radius 2 is 2.23 bits per heavy atom. The number of hydrogen-bond donors (Lipinski definition) is 3. The number of nitrogens with two attached hydrogens (primary N) is 1. The third-order valence-electron chi connectivity index (χ3n) is 3.47. The molecule has 2 atom stereocenters. The summed E-state index contributed by atoms with van der Waals surface area (Å²) in [5.41, 5.74) is 2.21. The molecular weight excluding hydrogens is 303 g/mol. The topological polar surface area (TPSA) is 106 Å². The second-order valence-electron chi connectivity index (χ2n) is 4.98. The first-order valence-electron chi connectivity index (χ1n) is 6.52. The number of pyridine rings is 1. The molecule has 2 heterocycles. The number of carbonyl (C=O) groups is 1. The number of likely N-dealkylation sites (tertiary alicyclic amines) is 1. The Labute approximate surface area is 124 Å². The van der Waals surface area contributed by atoms with Gasteiger partial charge in [0.25, 0.3) is 0 Å². The summed E-state index contributed by atoms with van der Waals surface area (Å²) in [5.74, 6) is 5.39. The molecule has 122 valence electrons. The van der Waals surface area contributed by atoms with Crippen molar-refractivity contribution in [2.75, 3.05) is 18.5 Å². The molecule has 22 heavy (non-hydrogen) atoms. The highest BCUT2D eigenvalue weighted by Crippen LogP contribution is 2.39. The molecule has 1 aromatic heterocycles. The number of amides is 1. The highest BCUT2D eigenvalue weighted by molar-refractivity contribution is 5.62. The molecule has 0 bridgehead atoms. The molecule has 1 fully saturated rings. The van der Waals surface area contributed by atoms with E-state index in [2.05, 4.69) is 15.7 Å². The van der Waals surface area contributed by atoms with E-state index in [9.17, 15) is 23.1 Å². The van der Waals surface area contributed by atoms with Crippen LogP contribution in [0.25, 0.3) is 0 Å². The maximum Gasteiger partial charge on any atom is 0.408 e. The van der Waals surface area contributed by atoms with Crippen molar-refractivity contribution in [1.82, 2.24) is 15.2 Å². The first kappa shape index (κ1) is 16.3. The van der Waals surface area contributed by atoms with Crippen molar-refractivity contribution in [3.8, 4) is 0 Å². The van der Waals surface area contributed by atoms with E-state index in [0.717, 1.165) is 6.20 Å². The average molecular weight is 318 g/mol. The van der Waals surface area contributed by atoms with Crippen LogP contribution in [0, 0.1) is 0 Å². The Bertz CT molecular complexity index is 522. The number of aromatic nitrogens is 1. The Morgan fingerprint density at radius 3 is 2.73 bits per heavy atom. The molecule has 10 heteroatoms. The van der Waals surface area contributed by atoms with Crippen LogP contribution in [0.1, 0.15) is 18.0 Å². The highest BCUT2D eigenvalue weighted by Gasteiger charge is 2.46. The zero-order valence-corrected chi connectivity index (χ0v) is 11.4. The van der Waals surface area contributed by atoms with Crippen molar-refractivity contribution in [3.63, 3.8) is 0 Å². The first-order chi connectivity index (χ1) is 10.3. The molecule has 7 nitrogen and oxygen atoms in total. The van der Waals surface area contributed by atoms with Gasteiger partial charge in [0.1, 0.15) is 18.0 Å². The van der Waals surface area contributed by atoms with Crippen LogP contribution in [0.2, 0.25) is 0 Å². The van der Waals surface area contributed by atoms with Crippen LogP contribution >= 0.6 is 0 Å². The second-order valence-corrected chi connectivity index (χ2v) is 4.98. The normalized spacial score (nSPS) is 20.6. The Balaban J connectivity index is 2.18. The summed E-state index contributed by atoms with van der Waals surface area (Å²) in [6, 6.07) is 0.217. The van der Waals surface area contributed by atoms with Crippen molar-refractivity contribution in [2.24, 2.45) is 5.84 Å². The van der Waals surface area contributed by atoms with Gasteiger partial charge in [0.15, 0.2) is 0 Å². The fourth-order valence-electron chi connectivity index (χ4n) is 2.57. The number of anilines is 1. The van der Waals surface area contributed by atoms with E-state index in [1.807, 2.05) is 0 Å². The Hall–Kier alpha value is -2.07. The van der Waals surface area contributed by atoms with Gasteiger partial charge in [0.05, 0.1) is 0 Å². The van der Waals surface area contributed by atoms with Crippen LogP contribution in [-0.2, 0) is 0 Å². The third-order valence-corrected chi connectivity index (χ3v) is 3.47. The van der Waals surface area contributed by atoms with Gasteiger partial charge in [0.2, 0.25) is 0 Å². The number of nitrogen functional groups attached to an aromatic ring is 1. The molecule has 1 aromatic rings. The lowest BCUT2D eigenvalue weighted by atomic mass is 10.1. The van der Waals surface area contributed by atoms with Gasteiger partial charge in [-0.25, -0.2) is 10.8 Å². The lowest BCUT2D eigenvalue weighted by Gasteiger charge is -2.30. The predicted octanol–water partition coefficient (Wildman–Crippen LogP) is -0.0222. The molecule has 1 saturated heterocycles. The summed E-state index contributed by atoms with van der Waals surface area (Å²) < 4.78 is 40.1. The van der Waals surface area contributed by atoms with Crippen LogP contribution in [0.4, 0.5) is 23.8 Å². The van der Waals surface area contributed by atoms with Gasteiger partial charge in [-0.05, 0) is 18.1 Å². The quantitative estimate of drug-likeness (QED) is 0.532. The van der Waals surface area contributed by atoms with E-state index in [0.29, 0.717) is 0 Å². The van der Waals surface area contributed by atoms with E-state index >= 15 is 0 Å². The van der Waals surface area contributed by atoms with Crippen molar-refractivity contribution in [3.05, 3.63) is 23.9 Å². The molecule has 0 aliphatic carbocycles. The molecular formula is C12H15F3N5O2-. The number of hydrazine groups is 1. The van der Waals surface area contributed by atoms with Crippen molar-refractivity contribution < 1.29 is 23.1 Å². The number of nitrogens with one attached hydrogen (secondary N) is 2. The van der Waals surface area contributed by atoms with Gasteiger partial charge in [-0.15, -0.1) is 0 Å². The van der Waals surface area contributed by atoms with E-state index in [1.54, 1.807) is 0 Å². The molecule has 1 aliphatic heterocycles. The van der Waals surface area contributed by atoms with E-state index in [4.69, 9.17) is 5.84 Å². The van der Waals surface area contributed by atoms with Crippen molar-refractivity contribution in [2.45, 2.75) is 24.7 Å². The summed E-state index contributed by atoms with van der Waals surface area (Å²) >= 11 is 0. The van der Waals surface area contributed by atoms with Gasteiger partial charge in [-0.1, -0.05) is 6.07 Å². The number of alkyl halides is 3. The number of carboxylic acid groups (broad SMARTS) is 1. The minimum absolute atomic E-state index is 0.0272. The van der Waals surface area contributed by atoms with Gasteiger partial charge in [0, 0.05) is 25.3 Å². The minimum atomic E-state index is -4.50. The lowest BCUT2D eigenvalue weighted by molar-refractivity contribution is -0.251. The molecule has 2 rings (SSSR count).